The van der Waals surface area contributed by atoms with Crippen LogP contribution in [0.4, 0.5) is 17.1 Å². The Morgan fingerprint density at radius 3 is 1.22 bits per heavy atom. The van der Waals surface area contributed by atoms with Gasteiger partial charge in [-0.1, -0.05) is 231 Å². The van der Waals surface area contributed by atoms with E-state index in [1.165, 1.54) is 93.5 Å². The number of benzene rings is 12. The largest absolute Gasteiger partial charge is 0.310 e. The van der Waals surface area contributed by atoms with Gasteiger partial charge in [0.1, 0.15) is 0 Å². The van der Waals surface area contributed by atoms with E-state index in [4.69, 9.17) is 0 Å². The number of anilines is 3. The van der Waals surface area contributed by atoms with Gasteiger partial charge >= 0.3 is 0 Å². The summed E-state index contributed by atoms with van der Waals surface area (Å²) in [6.07, 6.45) is 0. The average molecular weight is 852 g/mol. The minimum atomic E-state index is 1.08. The molecule has 0 fully saturated rings. The van der Waals surface area contributed by atoms with Crippen LogP contribution in [0, 0.1) is 0 Å². The first kappa shape index (κ1) is 39.8. The maximum absolute atomic E-state index is 2.43. The quantitative estimate of drug-likeness (QED) is 0.131. The first-order chi connectivity index (χ1) is 33.2. The standard InChI is InChI=1S/C66H45N/c1-4-15-46(16-5-1)48-27-29-50(30-28-48)51-35-38-56(39-36-51)67(57-23-14-22-55(43-57)52-33-31-49(32-34-52)47-17-6-2-7-18-47)58-40-42-63(64(44-58)53-19-8-3-9-20-53)66-45-65-59-24-11-10-21-54(59)37-41-62(65)60-25-12-13-26-61(60)66/h1-45H. The van der Waals surface area contributed by atoms with E-state index in [-0.39, 0.29) is 0 Å². The molecule has 0 saturated carbocycles. The Labute approximate surface area is 392 Å². The lowest BCUT2D eigenvalue weighted by molar-refractivity contribution is 1.28. The van der Waals surface area contributed by atoms with E-state index in [0.717, 1.165) is 22.6 Å². The highest BCUT2D eigenvalue weighted by Crippen LogP contribution is 2.45. The molecule has 0 spiro atoms. The summed E-state index contributed by atoms with van der Waals surface area (Å²) in [5.41, 5.74) is 17.5. The topological polar surface area (TPSA) is 3.24 Å². The molecule has 67 heavy (non-hydrogen) atoms. The molecule has 0 radical (unpaired) electrons. The number of fused-ring (bicyclic) bond motifs is 5. The van der Waals surface area contributed by atoms with Crippen molar-refractivity contribution in [3.8, 4) is 66.8 Å². The summed E-state index contributed by atoms with van der Waals surface area (Å²) in [6, 6.07) is 99.5. The minimum absolute atomic E-state index is 1.08. The first-order valence-electron chi connectivity index (χ1n) is 23.1. The summed E-state index contributed by atoms with van der Waals surface area (Å²) in [4.78, 5) is 2.41. The van der Waals surface area contributed by atoms with E-state index in [2.05, 4.69) is 278 Å². The third kappa shape index (κ3) is 7.63. The normalized spacial score (nSPS) is 11.3. The second-order valence-electron chi connectivity index (χ2n) is 17.3. The van der Waals surface area contributed by atoms with Crippen molar-refractivity contribution in [2.75, 3.05) is 4.90 Å². The second kappa shape index (κ2) is 17.3. The van der Waals surface area contributed by atoms with E-state index in [1.54, 1.807) is 0 Å². The van der Waals surface area contributed by atoms with Gasteiger partial charge in [-0.05, 0) is 142 Å². The molecule has 0 aliphatic heterocycles. The van der Waals surface area contributed by atoms with Gasteiger partial charge in [-0.25, -0.2) is 0 Å². The molecule has 0 aromatic heterocycles. The van der Waals surface area contributed by atoms with Gasteiger partial charge in [0, 0.05) is 17.1 Å². The second-order valence-corrected chi connectivity index (χ2v) is 17.3. The van der Waals surface area contributed by atoms with Gasteiger partial charge in [0.2, 0.25) is 0 Å². The fraction of sp³-hybridized carbons (Fsp3) is 0. The highest BCUT2D eigenvalue weighted by molar-refractivity contribution is 6.21. The van der Waals surface area contributed by atoms with Gasteiger partial charge in [0.05, 0.1) is 0 Å². The van der Waals surface area contributed by atoms with Crippen LogP contribution in [0.3, 0.4) is 0 Å². The zero-order chi connectivity index (χ0) is 44.5. The maximum Gasteiger partial charge on any atom is 0.0468 e. The van der Waals surface area contributed by atoms with Crippen molar-refractivity contribution in [1.29, 1.82) is 0 Å². The zero-order valence-corrected chi connectivity index (χ0v) is 36.9. The van der Waals surface area contributed by atoms with Crippen LogP contribution in [0.15, 0.2) is 273 Å². The van der Waals surface area contributed by atoms with Crippen molar-refractivity contribution < 1.29 is 0 Å². The molecule has 0 bridgehead atoms. The summed E-state index contributed by atoms with van der Waals surface area (Å²) in [5, 5.41) is 7.54. The monoisotopic (exact) mass is 851 g/mol. The van der Waals surface area contributed by atoms with Gasteiger partial charge in [-0.15, -0.1) is 0 Å². The highest BCUT2D eigenvalue weighted by Gasteiger charge is 2.20. The van der Waals surface area contributed by atoms with Gasteiger partial charge in [0.25, 0.3) is 0 Å². The molecule has 0 N–H and O–H groups in total. The van der Waals surface area contributed by atoms with Crippen molar-refractivity contribution >= 4 is 49.4 Å². The SMILES string of the molecule is c1ccc(-c2ccc(-c3ccc(N(c4cccc(-c5ccc(-c6ccccc6)cc5)c4)c4ccc(-c5cc6c7ccccc7ccc6c6ccccc56)c(-c5ccccc5)c4)cc3)cc2)cc1. The third-order valence-electron chi connectivity index (χ3n) is 13.3. The van der Waals surface area contributed by atoms with E-state index >= 15 is 0 Å². The molecule has 0 saturated heterocycles. The fourth-order valence-corrected chi connectivity index (χ4v) is 9.89. The lowest BCUT2D eigenvalue weighted by atomic mass is 9.87. The van der Waals surface area contributed by atoms with E-state index in [0.29, 0.717) is 0 Å². The Balaban J connectivity index is 1.01. The molecule has 12 aromatic rings. The van der Waals surface area contributed by atoms with Gasteiger partial charge < -0.3 is 4.90 Å². The molecule has 0 aliphatic rings. The van der Waals surface area contributed by atoms with Gasteiger partial charge in [-0.3, -0.25) is 0 Å². The molecular weight excluding hydrogens is 807 g/mol. The van der Waals surface area contributed by atoms with Crippen LogP contribution in [-0.2, 0) is 0 Å². The maximum atomic E-state index is 2.43. The number of nitrogens with zero attached hydrogens (tertiary/aromatic N) is 1. The van der Waals surface area contributed by atoms with Crippen LogP contribution in [0.5, 0.6) is 0 Å². The summed E-state index contributed by atoms with van der Waals surface area (Å²) >= 11 is 0. The minimum Gasteiger partial charge on any atom is -0.310 e. The molecule has 12 aromatic carbocycles. The molecule has 0 aliphatic carbocycles. The molecule has 1 heteroatoms. The zero-order valence-electron chi connectivity index (χ0n) is 36.9. The van der Waals surface area contributed by atoms with Gasteiger partial charge in [-0.2, -0.15) is 0 Å². The molecule has 12 rings (SSSR count). The van der Waals surface area contributed by atoms with Crippen molar-refractivity contribution in [2.45, 2.75) is 0 Å². The van der Waals surface area contributed by atoms with Crippen LogP contribution in [0.2, 0.25) is 0 Å². The van der Waals surface area contributed by atoms with Crippen molar-refractivity contribution in [3.05, 3.63) is 273 Å². The lowest BCUT2D eigenvalue weighted by Crippen LogP contribution is -2.10. The van der Waals surface area contributed by atoms with Crippen molar-refractivity contribution in [1.82, 2.24) is 0 Å². The van der Waals surface area contributed by atoms with Crippen LogP contribution in [-0.4, -0.2) is 0 Å². The van der Waals surface area contributed by atoms with E-state index in [9.17, 15) is 0 Å². The lowest BCUT2D eigenvalue weighted by Gasteiger charge is -2.28. The van der Waals surface area contributed by atoms with Crippen LogP contribution in [0.1, 0.15) is 0 Å². The van der Waals surface area contributed by atoms with E-state index < -0.39 is 0 Å². The molecular formula is C66H45N. The van der Waals surface area contributed by atoms with Crippen LogP contribution in [0.25, 0.3) is 99.1 Å². The number of hydrogen-bond donors (Lipinski definition) is 0. The molecule has 0 atom stereocenters. The molecule has 314 valence electrons. The van der Waals surface area contributed by atoms with E-state index in [1.807, 2.05) is 0 Å². The summed E-state index contributed by atoms with van der Waals surface area (Å²) < 4.78 is 0. The molecule has 0 unspecified atom stereocenters. The Morgan fingerprint density at radius 1 is 0.179 bits per heavy atom. The number of hydrogen-bond acceptors (Lipinski definition) is 1. The van der Waals surface area contributed by atoms with Crippen LogP contribution >= 0.6 is 0 Å². The Morgan fingerprint density at radius 2 is 0.612 bits per heavy atom. The fourth-order valence-electron chi connectivity index (χ4n) is 9.89. The third-order valence-corrected chi connectivity index (χ3v) is 13.3. The summed E-state index contributed by atoms with van der Waals surface area (Å²) in [7, 11) is 0. The van der Waals surface area contributed by atoms with Crippen molar-refractivity contribution in [2.24, 2.45) is 0 Å². The molecule has 0 heterocycles. The summed E-state index contributed by atoms with van der Waals surface area (Å²) in [5.74, 6) is 0. The predicted molar refractivity (Wildman–Crippen MR) is 286 cm³/mol. The van der Waals surface area contributed by atoms with Crippen molar-refractivity contribution in [3.63, 3.8) is 0 Å². The molecule has 1 nitrogen and oxygen atoms in total. The average Bonchev–Trinajstić information content (AvgIpc) is 3.42. The summed E-state index contributed by atoms with van der Waals surface area (Å²) in [6.45, 7) is 0. The van der Waals surface area contributed by atoms with Crippen LogP contribution < -0.4 is 4.90 Å². The Hall–Kier alpha value is -8.78. The Kier molecular flexibility index (Phi) is 10.3. The molecule has 0 amide bonds. The highest BCUT2D eigenvalue weighted by atomic mass is 15.1. The smallest absolute Gasteiger partial charge is 0.0468 e. The Bertz CT molecular complexity index is 3690. The number of rotatable bonds is 9. The van der Waals surface area contributed by atoms with Gasteiger partial charge in [0.15, 0.2) is 0 Å². The first-order valence-corrected chi connectivity index (χ1v) is 23.1. The predicted octanol–water partition coefficient (Wildman–Crippen LogP) is 18.6.